The lowest BCUT2D eigenvalue weighted by Crippen LogP contribution is -2.28. The Balaban J connectivity index is 0.000000720. The largest absolute Gasteiger partial charge is 0.451 e. The molecule has 0 radical (unpaired) electrons. The van der Waals surface area contributed by atoms with Crippen LogP contribution in [0.2, 0.25) is 0 Å². The third-order valence-corrected chi connectivity index (χ3v) is 2.17. The van der Waals surface area contributed by atoms with Crippen LogP contribution >= 0.6 is 12.4 Å². The van der Waals surface area contributed by atoms with Crippen LogP contribution in [0.15, 0.2) is 17.1 Å². The van der Waals surface area contributed by atoms with E-state index in [1.54, 1.807) is 6.26 Å². The van der Waals surface area contributed by atoms with Crippen LogP contribution in [0.25, 0.3) is 0 Å². The average Bonchev–Trinajstić information content (AvgIpc) is 2.58. The first-order valence-electron chi connectivity index (χ1n) is 4.05. The van der Waals surface area contributed by atoms with Crippen LogP contribution in [0.4, 0.5) is 0 Å². The van der Waals surface area contributed by atoms with E-state index in [-0.39, 0.29) is 12.4 Å². The van der Waals surface area contributed by atoms with Crippen molar-refractivity contribution >= 4 is 12.4 Å². The summed E-state index contributed by atoms with van der Waals surface area (Å²) < 4.78 is 4.93. The molecule has 12 heavy (non-hydrogen) atoms. The molecule has 1 N–H and O–H groups in total. The van der Waals surface area contributed by atoms with Crippen LogP contribution < -0.4 is 5.32 Å². The molecule has 4 heteroatoms. The van der Waals surface area contributed by atoms with Gasteiger partial charge in [0.05, 0.1) is 5.69 Å². The van der Waals surface area contributed by atoms with Crippen LogP contribution in [0, 0.1) is 0 Å². The number of hydrogen-bond donors (Lipinski definition) is 1. The fourth-order valence-electron chi connectivity index (χ4n) is 1.53. The van der Waals surface area contributed by atoms with Crippen molar-refractivity contribution in [2.24, 2.45) is 0 Å². The summed E-state index contributed by atoms with van der Waals surface area (Å²) in [5, 5.41) is 3.34. The molecule has 0 saturated carbocycles. The molecule has 68 valence electrons. The second kappa shape index (κ2) is 4.48. The lowest BCUT2D eigenvalue weighted by Gasteiger charge is -2.20. The van der Waals surface area contributed by atoms with E-state index in [9.17, 15) is 0 Å². The van der Waals surface area contributed by atoms with Gasteiger partial charge in [0.15, 0.2) is 6.39 Å². The zero-order valence-electron chi connectivity index (χ0n) is 6.82. The van der Waals surface area contributed by atoms with E-state index in [2.05, 4.69) is 10.3 Å². The van der Waals surface area contributed by atoms with E-state index in [1.165, 1.54) is 19.2 Å². The summed E-state index contributed by atoms with van der Waals surface area (Å²) in [6.45, 7) is 2.20. The highest BCUT2D eigenvalue weighted by Gasteiger charge is 2.16. The van der Waals surface area contributed by atoms with Gasteiger partial charge in [-0.2, -0.15) is 0 Å². The van der Waals surface area contributed by atoms with Crippen molar-refractivity contribution in [2.45, 2.75) is 18.8 Å². The lowest BCUT2D eigenvalue weighted by molar-refractivity contribution is 0.453. The zero-order valence-corrected chi connectivity index (χ0v) is 7.64. The van der Waals surface area contributed by atoms with Gasteiger partial charge in [-0.25, -0.2) is 4.98 Å². The molecule has 1 aromatic heterocycles. The molecule has 1 atom stereocenters. The summed E-state index contributed by atoms with van der Waals surface area (Å²) in [5.74, 6) is 0.572. The number of nitrogens with one attached hydrogen (secondary N) is 1. The quantitative estimate of drug-likeness (QED) is 0.727. The van der Waals surface area contributed by atoms with Gasteiger partial charge in [0.25, 0.3) is 0 Å². The summed E-state index contributed by atoms with van der Waals surface area (Å²) in [6, 6.07) is 0. The van der Waals surface area contributed by atoms with Crippen molar-refractivity contribution in [3.05, 3.63) is 18.4 Å². The molecule has 1 aromatic rings. The lowest BCUT2D eigenvalue weighted by atomic mass is 9.97. The summed E-state index contributed by atoms with van der Waals surface area (Å²) in [5.41, 5.74) is 1.09. The molecule has 0 aliphatic carbocycles. The zero-order chi connectivity index (χ0) is 7.52. The molecule has 0 aromatic carbocycles. The predicted molar refractivity (Wildman–Crippen MR) is 48.6 cm³/mol. The van der Waals surface area contributed by atoms with Gasteiger partial charge in [-0.1, -0.05) is 0 Å². The Morgan fingerprint density at radius 3 is 3.08 bits per heavy atom. The first-order valence-corrected chi connectivity index (χ1v) is 4.05. The molecule has 1 aliphatic heterocycles. The molecule has 1 saturated heterocycles. The van der Waals surface area contributed by atoms with E-state index in [0.29, 0.717) is 5.92 Å². The second-order valence-corrected chi connectivity index (χ2v) is 2.96. The SMILES string of the molecule is Cl.c1nc(C2CCCNC2)co1. The Labute approximate surface area is 78.0 Å². The first-order chi connectivity index (χ1) is 5.47. The number of halogens is 1. The molecular weight excluding hydrogens is 176 g/mol. The fraction of sp³-hybridized carbons (Fsp3) is 0.625. The first kappa shape index (κ1) is 9.55. The second-order valence-electron chi connectivity index (χ2n) is 2.96. The van der Waals surface area contributed by atoms with Crippen molar-refractivity contribution in [1.82, 2.24) is 10.3 Å². The Hall–Kier alpha value is -0.540. The van der Waals surface area contributed by atoms with Crippen molar-refractivity contribution < 1.29 is 4.42 Å². The number of aromatic nitrogens is 1. The molecule has 1 fully saturated rings. The summed E-state index contributed by atoms with van der Waals surface area (Å²) in [6.07, 6.45) is 5.73. The smallest absolute Gasteiger partial charge is 0.180 e. The minimum atomic E-state index is 0. The highest BCUT2D eigenvalue weighted by atomic mass is 35.5. The molecule has 0 amide bonds. The predicted octanol–water partition coefficient (Wildman–Crippen LogP) is 1.56. The van der Waals surface area contributed by atoms with Gasteiger partial charge >= 0.3 is 0 Å². The van der Waals surface area contributed by atoms with Gasteiger partial charge in [0.1, 0.15) is 6.26 Å². The maximum absolute atomic E-state index is 4.93. The molecular formula is C8H13ClN2O. The van der Waals surface area contributed by atoms with Gasteiger partial charge in [-0.3, -0.25) is 0 Å². The molecule has 2 heterocycles. The highest BCUT2D eigenvalue weighted by molar-refractivity contribution is 5.85. The number of rotatable bonds is 1. The third kappa shape index (κ3) is 1.99. The Morgan fingerprint density at radius 1 is 1.58 bits per heavy atom. The summed E-state index contributed by atoms with van der Waals surface area (Å²) in [4.78, 5) is 4.13. The molecule has 3 nitrogen and oxygen atoms in total. The maximum atomic E-state index is 4.93. The Kier molecular flexibility index (Phi) is 3.56. The molecule has 0 spiro atoms. The van der Waals surface area contributed by atoms with E-state index in [1.807, 2.05) is 0 Å². The third-order valence-electron chi connectivity index (χ3n) is 2.17. The maximum Gasteiger partial charge on any atom is 0.180 e. The van der Waals surface area contributed by atoms with E-state index in [4.69, 9.17) is 4.42 Å². The summed E-state index contributed by atoms with van der Waals surface area (Å²) >= 11 is 0. The van der Waals surface area contributed by atoms with Crippen LogP contribution in [-0.4, -0.2) is 18.1 Å². The fourth-order valence-corrected chi connectivity index (χ4v) is 1.53. The minimum Gasteiger partial charge on any atom is -0.451 e. The van der Waals surface area contributed by atoms with Gasteiger partial charge in [-0.05, 0) is 19.4 Å². The standard InChI is InChI=1S/C8H12N2O.ClH/c1-2-7(4-9-3-1)8-5-11-6-10-8;/h5-7,9H,1-4H2;1H. The van der Waals surface area contributed by atoms with Crippen molar-refractivity contribution in [1.29, 1.82) is 0 Å². The summed E-state index contributed by atoms with van der Waals surface area (Å²) in [7, 11) is 0. The molecule has 1 aliphatic rings. The van der Waals surface area contributed by atoms with Crippen LogP contribution in [0.1, 0.15) is 24.5 Å². The minimum absolute atomic E-state index is 0. The van der Waals surface area contributed by atoms with Crippen LogP contribution in [0.3, 0.4) is 0 Å². The van der Waals surface area contributed by atoms with Crippen molar-refractivity contribution in [2.75, 3.05) is 13.1 Å². The average molecular weight is 189 g/mol. The van der Waals surface area contributed by atoms with Crippen molar-refractivity contribution in [3.8, 4) is 0 Å². The number of hydrogen-bond acceptors (Lipinski definition) is 3. The van der Waals surface area contributed by atoms with Crippen LogP contribution in [-0.2, 0) is 0 Å². The molecule has 1 unspecified atom stereocenters. The van der Waals surface area contributed by atoms with E-state index < -0.39 is 0 Å². The number of oxazole rings is 1. The van der Waals surface area contributed by atoms with E-state index in [0.717, 1.165) is 18.8 Å². The molecule has 2 rings (SSSR count). The normalized spacial score (nSPS) is 23.2. The van der Waals surface area contributed by atoms with E-state index >= 15 is 0 Å². The highest BCUT2D eigenvalue weighted by Crippen LogP contribution is 2.20. The molecule has 0 bridgehead atoms. The number of nitrogens with zero attached hydrogens (tertiary/aromatic N) is 1. The van der Waals surface area contributed by atoms with Gasteiger partial charge < -0.3 is 9.73 Å². The van der Waals surface area contributed by atoms with Gasteiger partial charge in [0.2, 0.25) is 0 Å². The van der Waals surface area contributed by atoms with Gasteiger partial charge in [-0.15, -0.1) is 12.4 Å². The Morgan fingerprint density at radius 2 is 2.50 bits per heavy atom. The van der Waals surface area contributed by atoms with Crippen molar-refractivity contribution in [3.63, 3.8) is 0 Å². The number of piperidine rings is 1. The Bertz CT molecular complexity index is 207. The monoisotopic (exact) mass is 188 g/mol. The van der Waals surface area contributed by atoms with Crippen LogP contribution in [0.5, 0.6) is 0 Å². The topological polar surface area (TPSA) is 38.1 Å². The van der Waals surface area contributed by atoms with Gasteiger partial charge in [0, 0.05) is 12.5 Å².